The van der Waals surface area contributed by atoms with Crippen molar-refractivity contribution in [3.63, 3.8) is 0 Å². The maximum Gasteiger partial charge on any atom is 0.157 e. The van der Waals surface area contributed by atoms with Gasteiger partial charge < -0.3 is 9.88 Å². The molecule has 4 heterocycles. The molecule has 1 aliphatic rings. The van der Waals surface area contributed by atoms with Gasteiger partial charge in [-0.15, -0.1) is 0 Å². The molecule has 0 radical (unpaired) electrons. The van der Waals surface area contributed by atoms with Gasteiger partial charge in [0.05, 0.1) is 24.1 Å². The number of aromatic amines is 1. The van der Waals surface area contributed by atoms with Crippen LogP contribution in [-0.4, -0.2) is 36.4 Å². The highest BCUT2D eigenvalue weighted by molar-refractivity contribution is 5.48. The van der Waals surface area contributed by atoms with Crippen molar-refractivity contribution >= 4 is 5.82 Å². The number of hydrogen-bond acceptors (Lipinski definition) is 6. The van der Waals surface area contributed by atoms with Crippen molar-refractivity contribution in [3.05, 3.63) is 49.1 Å². The molecular formula is C15H15N7. The summed E-state index contributed by atoms with van der Waals surface area (Å²) in [5.41, 5.74) is 1.71. The van der Waals surface area contributed by atoms with E-state index in [9.17, 15) is 0 Å². The molecule has 22 heavy (non-hydrogen) atoms. The highest BCUT2D eigenvalue weighted by Gasteiger charge is 2.28. The Morgan fingerprint density at radius 1 is 1.14 bits per heavy atom. The first-order chi connectivity index (χ1) is 10.9. The second kappa shape index (κ2) is 5.51. The molecule has 110 valence electrons. The smallest absolute Gasteiger partial charge is 0.157 e. The van der Waals surface area contributed by atoms with Gasteiger partial charge in [0.15, 0.2) is 5.82 Å². The number of rotatable bonds is 3. The summed E-state index contributed by atoms with van der Waals surface area (Å²) in [6.45, 7) is 0.967. The molecule has 7 heteroatoms. The van der Waals surface area contributed by atoms with Crippen LogP contribution in [0.25, 0.3) is 11.5 Å². The van der Waals surface area contributed by atoms with Crippen LogP contribution in [0, 0.1) is 0 Å². The van der Waals surface area contributed by atoms with Crippen molar-refractivity contribution in [1.82, 2.24) is 29.9 Å². The Morgan fingerprint density at radius 2 is 2.14 bits per heavy atom. The lowest BCUT2D eigenvalue weighted by atomic mass is 10.1. The van der Waals surface area contributed by atoms with Gasteiger partial charge in [-0.25, -0.2) is 19.9 Å². The third-order valence-electron chi connectivity index (χ3n) is 3.85. The molecule has 0 aliphatic carbocycles. The fourth-order valence-electron chi connectivity index (χ4n) is 2.86. The number of H-pyrrole nitrogens is 1. The molecule has 1 saturated heterocycles. The largest absolute Gasteiger partial charge is 0.348 e. The Morgan fingerprint density at radius 3 is 2.95 bits per heavy atom. The average molecular weight is 293 g/mol. The molecule has 3 aromatic heterocycles. The molecule has 3 aromatic rings. The Hall–Kier alpha value is -2.83. The summed E-state index contributed by atoms with van der Waals surface area (Å²) in [5, 5.41) is 0. The molecule has 0 spiro atoms. The summed E-state index contributed by atoms with van der Waals surface area (Å²) in [6, 6.07) is 2.12. The lowest BCUT2D eigenvalue weighted by molar-refractivity contribution is 0.683. The Bertz CT molecular complexity index is 742. The van der Waals surface area contributed by atoms with Gasteiger partial charge in [-0.05, 0) is 18.9 Å². The van der Waals surface area contributed by atoms with Crippen molar-refractivity contribution < 1.29 is 0 Å². The Balaban J connectivity index is 1.68. The van der Waals surface area contributed by atoms with Crippen molar-refractivity contribution in [2.75, 3.05) is 11.4 Å². The predicted molar refractivity (Wildman–Crippen MR) is 81.0 cm³/mol. The van der Waals surface area contributed by atoms with Crippen LogP contribution in [0.15, 0.2) is 43.4 Å². The second-order valence-electron chi connectivity index (χ2n) is 5.19. The van der Waals surface area contributed by atoms with Crippen LogP contribution in [-0.2, 0) is 0 Å². The van der Waals surface area contributed by atoms with Crippen LogP contribution >= 0.6 is 0 Å². The molecule has 0 amide bonds. The first-order valence-electron chi connectivity index (χ1n) is 7.26. The van der Waals surface area contributed by atoms with Gasteiger partial charge in [-0.3, -0.25) is 4.98 Å². The lowest BCUT2D eigenvalue weighted by Gasteiger charge is -2.24. The zero-order valence-corrected chi connectivity index (χ0v) is 11.9. The van der Waals surface area contributed by atoms with Crippen LogP contribution < -0.4 is 4.90 Å². The highest BCUT2D eigenvalue weighted by Crippen LogP contribution is 2.34. The van der Waals surface area contributed by atoms with Crippen LogP contribution in [0.2, 0.25) is 0 Å². The zero-order valence-electron chi connectivity index (χ0n) is 11.9. The van der Waals surface area contributed by atoms with E-state index in [1.165, 1.54) is 0 Å². The molecule has 0 saturated carbocycles. The summed E-state index contributed by atoms with van der Waals surface area (Å²) in [7, 11) is 0. The normalized spacial score (nSPS) is 17.8. The van der Waals surface area contributed by atoms with Gasteiger partial charge in [0.2, 0.25) is 0 Å². The predicted octanol–water partition coefficient (Wildman–Crippen LogP) is 2.00. The summed E-state index contributed by atoms with van der Waals surface area (Å²) >= 11 is 0. The van der Waals surface area contributed by atoms with Crippen LogP contribution in [0.4, 0.5) is 5.82 Å². The van der Waals surface area contributed by atoms with Crippen LogP contribution in [0.1, 0.15) is 24.6 Å². The average Bonchev–Trinajstić information content (AvgIpc) is 3.27. The SMILES string of the molecule is c1cc(N2CCCC2c2cncc(-c3ncc[nH]3)n2)ncn1. The number of anilines is 1. The molecule has 1 aliphatic heterocycles. The van der Waals surface area contributed by atoms with E-state index in [1.807, 2.05) is 12.3 Å². The van der Waals surface area contributed by atoms with Crippen molar-refractivity contribution in [2.24, 2.45) is 0 Å². The van der Waals surface area contributed by atoms with Gasteiger partial charge in [0.1, 0.15) is 17.8 Å². The second-order valence-corrected chi connectivity index (χ2v) is 5.19. The summed E-state index contributed by atoms with van der Waals surface area (Å²) < 4.78 is 0. The number of nitrogens with zero attached hydrogens (tertiary/aromatic N) is 6. The Kier molecular flexibility index (Phi) is 3.23. The van der Waals surface area contributed by atoms with Gasteiger partial charge in [0, 0.05) is 25.1 Å². The first kappa shape index (κ1) is 12.9. The van der Waals surface area contributed by atoms with E-state index in [0.717, 1.165) is 42.4 Å². The van der Waals surface area contributed by atoms with Crippen molar-refractivity contribution in [2.45, 2.75) is 18.9 Å². The molecule has 1 atom stereocenters. The van der Waals surface area contributed by atoms with E-state index < -0.39 is 0 Å². The molecule has 1 unspecified atom stereocenters. The minimum absolute atomic E-state index is 0.192. The molecule has 0 bridgehead atoms. The summed E-state index contributed by atoms with van der Waals surface area (Å²) in [5.74, 6) is 1.67. The number of imidazole rings is 1. The van der Waals surface area contributed by atoms with E-state index in [4.69, 9.17) is 4.98 Å². The number of nitrogens with one attached hydrogen (secondary N) is 1. The Labute approximate surface area is 127 Å². The maximum atomic E-state index is 4.73. The molecule has 1 N–H and O–H groups in total. The maximum absolute atomic E-state index is 4.73. The molecule has 0 aromatic carbocycles. The van der Waals surface area contributed by atoms with Crippen LogP contribution in [0.3, 0.4) is 0 Å². The lowest BCUT2D eigenvalue weighted by Crippen LogP contribution is -2.24. The van der Waals surface area contributed by atoms with Gasteiger partial charge >= 0.3 is 0 Å². The standard InChI is InChI=1S/C15H15N7/c1-2-13(22(7-1)14-3-4-16-10-20-14)11-8-17-9-12(21-11)15-18-5-6-19-15/h3-6,8-10,13H,1-2,7H2,(H,18,19). The van der Waals surface area contributed by atoms with E-state index in [1.54, 1.807) is 31.1 Å². The summed E-state index contributed by atoms with van der Waals surface area (Å²) in [4.78, 5) is 27.0. The fourth-order valence-corrected chi connectivity index (χ4v) is 2.86. The number of aromatic nitrogens is 6. The molecular weight excluding hydrogens is 278 g/mol. The van der Waals surface area contributed by atoms with Gasteiger partial charge in [-0.2, -0.15) is 0 Å². The monoisotopic (exact) mass is 293 g/mol. The zero-order chi connectivity index (χ0) is 14.8. The number of hydrogen-bond donors (Lipinski definition) is 1. The topological polar surface area (TPSA) is 83.5 Å². The third kappa shape index (κ3) is 2.30. The van der Waals surface area contributed by atoms with E-state index in [-0.39, 0.29) is 6.04 Å². The van der Waals surface area contributed by atoms with Crippen molar-refractivity contribution in [3.8, 4) is 11.5 Å². The van der Waals surface area contributed by atoms with E-state index >= 15 is 0 Å². The molecule has 4 rings (SSSR count). The molecule has 7 nitrogen and oxygen atoms in total. The van der Waals surface area contributed by atoms with Crippen LogP contribution in [0.5, 0.6) is 0 Å². The van der Waals surface area contributed by atoms with Gasteiger partial charge in [-0.1, -0.05) is 0 Å². The minimum atomic E-state index is 0.192. The third-order valence-corrected chi connectivity index (χ3v) is 3.85. The highest BCUT2D eigenvalue weighted by atomic mass is 15.2. The quantitative estimate of drug-likeness (QED) is 0.795. The van der Waals surface area contributed by atoms with Gasteiger partial charge in [0.25, 0.3) is 0 Å². The van der Waals surface area contributed by atoms with E-state index in [0.29, 0.717) is 0 Å². The van der Waals surface area contributed by atoms with E-state index in [2.05, 4.69) is 29.8 Å². The summed E-state index contributed by atoms with van der Waals surface area (Å²) in [6.07, 6.45) is 12.6. The molecule has 1 fully saturated rings. The fraction of sp³-hybridized carbons (Fsp3) is 0.267. The van der Waals surface area contributed by atoms with Crippen molar-refractivity contribution in [1.29, 1.82) is 0 Å². The minimum Gasteiger partial charge on any atom is -0.348 e. The first-order valence-corrected chi connectivity index (χ1v) is 7.26.